The lowest BCUT2D eigenvalue weighted by atomic mass is 9.85. The fourth-order valence-electron chi connectivity index (χ4n) is 3.20. The van der Waals surface area contributed by atoms with E-state index in [0.717, 1.165) is 25.7 Å². The van der Waals surface area contributed by atoms with Crippen molar-refractivity contribution in [2.75, 3.05) is 13.2 Å². The van der Waals surface area contributed by atoms with Gasteiger partial charge in [-0.15, -0.1) is 0 Å². The second-order valence-corrected chi connectivity index (χ2v) is 5.94. The van der Waals surface area contributed by atoms with E-state index in [-0.39, 0.29) is 24.5 Å². The molecule has 1 saturated carbocycles. The molecule has 0 bridgehead atoms. The highest BCUT2D eigenvalue weighted by Crippen LogP contribution is 2.28. The zero-order valence-electron chi connectivity index (χ0n) is 13.3. The molecule has 1 aliphatic carbocycles. The molecule has 0 heterocycles. The third-order valence-corrected chi connectivity index (χ3v) is 4.40. The topological polar surface area (TPSA) is 58.6 Å². The average Bonchev–Trinajstić information content (AvgIpc) is 2.56. The van der Waals surface area contributed by atoms with Crippen LogP contribution in [-0.2, 0) is 9.53 Å². The van der Waals surface area contributed by atoms with Crippen LogP contribution < -0.4 is 5.32 Å². The van der Waals surface area contributed by atoms with Crippen molar-refractivity contribution in [2.45, 2.75) is 51.1 Å². The quantitative estimate of drug-likeness (QED) is 0.761. The van der Waals surface area contributed by atoms with E-state index in [9.17, 15) is 9.90 Å². The van der Waals surface area contributed by atoms with Crippen LogP contribution in [0.3, 0.4) is 0 Å². The van der Waals surface area contributed by atoms with Gasteiger partial charge in [0.05, 0.1) is 12.5 Å². The number of aliphatic hydroxyl groups is 1. The number of hydrogen-bond donors (Lipinski definition) is 2. The molecule has 0 radical (unpaired) electrons. The Morgan fingerprint density at radius 1 is 1.27 bits per heavy atom. The molecule has 2 rings (SSSR count). The van der Waals surface area contributed by atoms with Crippen molar-refractivity contribution in [3.63, 3.8) is 0 Å². The Morgan fingerprint density at radius 3 is 2.55 bits per heavy atom. The molecular weight excluding hydrogens is 278 g/mol. The van der Waals surface area contributed by atoms with Gasteiger partial charge >= 0.3 is 5.97 Å². The predicted octanol–water partition coefficient (Wildman–Crippen LogP) is 2.82. The summed E-state index contributed by atoms with van der Waals surface area (Å²) in [6, 6.07) is 10.8. The van der Waals surface area contributed by atoms with Gasteiger partial charge in [-0.2, -0.15) is 0 Å². The molecule has 1 aromatic carbocycles. The van der Waals surface area contributed by atoms with Gasteiger partial charge in [-0.1, -0.05) is 30.3 Å². The molecule has 2 N–H and O–H groups in total. The van der Waals surface area contributed by atoms with Crippen LogP contribution in [0.25, 0.3) is 0 Å². The maximum Gasteiger partial charge on any atom is 0.308 e. The molecule has 0 aliphatic heterocycles. The van der Waals surface area contributed by atoms with Crippen molar-refractivity contribution in [1.29, 1.82) is 0 Å². The van der Waals surface area contributed by atoms with E-state index in [1.807, 2.05) is 25.1 Å². The lowest BCUT2D eigenvalue weighted by Gasteiger charge is -2.31. The Morgan fingerprint density at radius 2 is 1.95 bits per heavy atom. The zero-order chi connectivity index (χ0) is 15.8. The minimum atomic E-state index is -0.0454. The van der Waals surface area contributed by atoms with Gasteiger partial charge in [0.25, 0.3) is 0 Å². The van der Waals surface area contributed by atoms with Crippen LogP contribution in [-0.4, -0.2) is 30.3 Å². The van der Waals surface area contributed by atoms with Crippen LogP contribution in [0.2, 0.25) is 0 Å². The van der Waals surface area contributed by atoms with Crippen molar-refractivity contribution in [3.8, 4) is 0 Å². The fraction of sp³-hybridized carbons (Fsp3) is 0.611. The number of carbonyl (C=O) groups is 1. The summed E-state index contributed by atoms with van der Waals surface area (Å²) in [6.07, 6.45) is 4.45. The van der Waals surface area contributed by atoms with E-state index in [4.69, 9.17) is 4.74 Å². The zero-order valence-corrected chi connectivity index (χ0v) is 13.3. The van der Waals surface area contributed by atoms with Gasteiger partial charge in [-0.05, 0) is 44.6 Å². The summed E-state index contributed by atoms with van der Waals surface area (Å²) in [5.41, 5.74) is 1.21. The van der Waals surface area contributed by atoms with Gasteiger partial charge in [0.15, 0.2) is 0 Å². The molecule has 0 saturated heterocycles. The third kappa shape index (κ3) is 4.82. The molecule has 1 atom stereocenters. The standard InChI is InChI=1S/C18H27NO3/c1-2-22-18(21)15-8-10-16(11-9-15)19-17(12-13-20)14-6-4-3-5-7-14/h3-7,15-17,19-20H,2,8-13H2,1H3/t15?,16?,17-/m1/s1. The number of aliphatic hydroxyl groups excluding tert-OH is 1. The van der Waals surface area contributed by atoms with Crippen LogP contribution in [0.1, 0.15) is 50.6 Å². The Labute approximate surface area is 132 Å². The van der Waals surface area contributed by atoms with E-state index in [1.165, 1.54) is 5.56 Å². The van der Waals surface area contributed by atoms with Gasteiger partial charge in [0, 0.05) is 18.7 Å². The largest absolute Gasteiger partial charge is 0.466 e. The first-order valence-electron chi connectivity index (χ1n) is 8.33. The Bertz CT molecular complexity index is 441. The van der Waals surface area contributed by atoms with Gasteiger partial charge in [-0.3, -0.25) is 4.79 Å². The van der Waals surface area contributed by atoms with Gasteiger partial charge in [0.1, 0.15) is 0 Å². The lowest BCUT2D eigenvalue weighted by Crippen LogP contribution is -2.38. The van der Waals surface area contributed by atoms with Gasteiger partial charge in [-0.25, -0.2) is 0 Å². The molecule has 1 aromatic rings. The summed E-state index contributed by atoms with van der Waals surface area (Å²) in [7, 11) is 0. The SMILES string of the molecule is CCOC(=O)C1CCC(N[C@H](CCO)c2ccccc2)CC1. The maximum absolute atomic E-state index is 11.8. The van der Waals surface area contributed by atoms with Crippen LogP contribution in [0.4, 0.5) is 0 Å². The maximum atomic E-state index is 11.8. The van der Waals surface area contributed by atoms with Crippen molar-refractivity contribution in [1.82, 2.24) is 5.32 Å². The van der Waals surface area contributed by atoms with Crippen molar-refractivity contribution >= 4 is 5.97 Å². The molecule has 0 aromatic heterocycles. The number of nitrogens with one attached hydrogen (secondary N) is 1. The summed E-state index contributed by atoms with van der Waals surface area (Å²) >= 11 is 0. The van der Waals surface area contributed by atoms with E-state index in [2.05, 4.69) is 17.4 Å². The Hall–Kier alpha value is -1.39. The molecule has 1 aliphatic rings. The molecule has 4 heteroatoms. The monoisotopic (exact) mass is 305 g/mol. The minimum Gasteiger partial charge on any atom is -0.466 e. The van der Waals surface area contributed by atoms with Crippen molar-refractivity contribution < 1.29 is 14.6 Å². The average molecular weight is 305 g/mol. The summed E-state index contributed by atoms with van der Waals surface area (Å²) < 4.78 is 5.11. The Kier molecular flexibility index (Phi) is 6.87. The minimum absolute atomic E-state index is 0.0454. The smallest absolute Gasteiger partial charge is 0.308 e. The molecule has 22 heavy (non-hydrogen) atoms. The number of ether oxygens (including phenoxy) is 1. The first-order chi connectivity index (χ1) is 10.7. The van der Waals surface area contributed by atoms with Crippen LogP contribution in [0, 0.1) is 5.92 Å². The van der Waals surface area contributed by atoms with Gasteiger partial charge < -0.3 is 15.2 Å². The number of carbonyl (C=O) groups excluding carboxylic acids is 1. The van der Waals surface area contributed by atoms with Crippen molar-refractivity contribution in [2.24, 2.45) is 5.92 Å². The number of benzene rings is 1. The third-order valence-electron chi connectivity index (χ3n) is 4.40. The van der Waals surface area contributed by atoms with E-state index in [1.54, 1.807) is 0 Å². The number of hydrogen-bond acceptors (Lipinski definition) is 4. The second kappa shape index (κ2) is 8.91. The van der Waals surface area contributed by atoms with E-state index in [0.29, 0.717) is 19.1 Å². The van der Waals surface area contributed by atoms with E-state index >= 15 is 0 Å². The summed E-state index contributed by atoms with van der Waals surface area (Å²) in [5, 5.41) is 13.0. The summed E-state index contributed by atoms with van der Waals surface area (Å²) in [6.45, 7) is 2.48. The molecule has 0 unspecified atom stereocenters. The number of rotatable bonds is 7. The second-order valence-electron chi connectivity index (χ2n) is 5.94. The first kappa shape index (κ1) is 17.0. The highest BCUT2D eigenvalue weighted by molar-refractivity contribution is 5.72. The first-order valence-corrected chi connectivity index (χ1v) is 8.33. The van der Waals surface area contributed by atoms with Crippen LogP contribution >= 0.6 is 0 Å². The highest BCUT2D eigenvalue weighted by atomic mass is 16.5. The molecule has 4 nitrogen and oxygen atoms in total. The van der Waals surface area contributed by atoms with Crippen LogP contribution in [0.15, 0.2) is 30.3 Å². The summed E-state index contributed by atoms with van der Waals surface area (Å²) in [4.78, 5) is 11.8. The van der Waals surface area contributed by atoms with Gasteiger partial charge in [0.2, 0.25) is 0 Å². The molecule has 122 valence electrons. The summed E-state index contributed by atoms with van der Waals surface area (Å²) in [5.74, 6) is 0.0157. The predicted molar refractivity (Wildman–Crippen MR) is 86.4 cm³/mol. The fourth-order valence-corrected chi connectivity index (χ4v) is 3.20. The molecule has 0 amide bonds. The normalized spacial score (nSPS) is 23.0. The lowest BCUT2D eigenvalue weighted by molar-refractivity contribution is -0.149. The molecule has 0 spiro atoms. The molecule has 1 fully saturated rings. The highest BCUT2D eigenvalue weighted by Gasteiger charge is 2.28. The van der Waals surface area contributed by atoms with Crippen LogP contribution in [0.5, 0.6) is 0 Å². The van der Waals surface area contributed by atoms with Crippen molar-refractivity contribution in [3.05, 3.63) is 35.9 Å². The van der Waals surface area contributed by atoms with E-state index < -0.39 is 0 Å². The Balaban J connectivity index is 1.86. The molecular formula is C18H27NO3. The number of esters is 1.